The van der Waals surface area contributed by atoms with Gasteiger partial charge in [-0.1, -0.05) is 0 Å². The van der Waals surface area contributed by atoms with Crippen LogP contribution in [0.4, 0.5) is 0 Å². The highest BCUT2D eigenvalue weighted by molar-refractivity contribution is 5.94. The van der Waals surface area contributed by atoms with Gasteiger partial charge in [0.2, 0.25) is 0 Å². The fourth-order valence-corrected chi connectivity index (χ4v) is 3.82. The molecule has 0 radical (unpaired) electrons. The van der Waals surface area contributed by atoms with Crippen LogP contribution in [0.15, 0.2) is 29.1 Å². The van der Waals surface area contributed by atoms with Gasteiger partial charge in [0.15, 0.2) is 0 Å². The van der Waals surface area contributed by atoms with Crippen LogP contribution in [0.3, 0.4) is 0 Å². The summed E-state index contributed by atoms with van der Waals surface area (Å²) in [6, 6.07) is 2.05. The molecule has 1 aliphatic heterocycles. The maximum absolute atomic E-state index is 12.7. The number of carbonyl (C=O) groups is 1. The lowest BCUT2D eigenvalue weighted by atomic mass is 9.85. The van der Waals surface area contributed by atoms with Crippen molar-refractivity contribution >= 4 is 5.91 Å². The molecule has 2 aromatic rings. The Kier molecular flexibility index (Phi) is 4.76. The second-order valence-corrected chi connectivity index (χ2v) is 6.85. The molecule has 6 heteroatoms. The number of aromatic nitrogens is 2. The quantitative estimate of drug-likeness (QED) is 0.864. The van der Waals surface area contributed by atoms with Crippen LogP contribution in [-0.4, -0.2) is 52.7 Å². The first-order chi connectivity index (χ1) is 11.5. The van der Waals surface area contributed by atoms with Gasteiger partial charge in [-0.15, -0.1) is 0 Å². The molecule has 130 valence electrons. The van der Waals surface area contributed by atoms with Crippen molar-refractivity contribution < 1.29 is 9.21 Å². The predicted molar refractivity (Wildman–Crippen MR) is 91.7 cm³/mol. The first-order valence-corrected chi connectivity index (χ1v) is 8.45. The third-order valence-electron chi connectivity index (χ3n) is 5.02. The van der Waals surface area contributed by atoms with E-state index in [1.807, 2.05) is 36.8 Å². The number of hydrogen-bond donors (Lipinski definition) is 0. The van der Waals surface area contributed by atoms with Gasteiger partial charge in [0.1, 0.15) is 5.76 Å². The van der Waals surface area contributed by atoms with Gasteiger partial charge in [-0.25, -0.2) is 0 Å². The predicted octanol–water partition coefficient (Wildman–Crippen LogP) is 2.48. The lowest BCUT2D eigenvalue weighted by molar-refractivity contribution is 0.0644. The molecular formula is C18H26N4O2. The Bertz CT molecular complexity index is 705. The topological polar surface area (TPSA) is 54.5 Å². The van der Waals surface area contributed by atoms with Crippen LogP contribution in [0, 0.1) is 12.8 Å². The summed E-state index contributed by atoms with van der Waals surface area (Å²) in [6.45, 7) is 3.63. The third-order valence-corrected chi connectivity index (χ3v) is 5.02. The highest BCUT2D eigenvalue weighted by atomic mass is 16.3. The van der Waals surface area contributed by atoms with Gasteiger partial charge in [0, 0.05) is 38.4 Å². The second kappa shape index (κ2) is 6.81. The number of carbonyl (C=O) groups excluding carboxylic acids is 1. The molecule has 1 aliphatic rings. The van der Waals surface area contributed by atoms with Crippen molar-refractivity contribution in [3.8, 4) is 0 Å². The molecule has 1 saturated heterocycles. The van der Waals surface area contributed by atoms with Crippen LogP contribution in [0.1, 0.15) is 40.6 Å². The Balaban J connectivity index is 1.76. The van der Waals surface area contributed by atoms with E-state index in [-0.39, 0.29) is 5.91 Å². The molecule has 0 saturated carbocycles. The van der Waals surface area contributed by atoms with Gasteiger partial charge < -0.3 is 9.32 Å². The molecule has 0 N–H and O–H groups in total. The van der Waals surface area contributed by atoms with E-state index in [0.717, 1.165) is 25.9 Å². The lowest BCUT2D eigenvalue weighted by Crippen LogP contribution is -2.42. The molecule has 0 bridgehead atoms. The average molecular weight is 330 g/mol. The van der Waals surface area contributed by atoms with Gasteiger partial charge in [-0.05, 0) is 45.3 Å². The van der Waals surface area contributed by atoms with E-state index in [1.165, 1.54) is 5.56 Å². The van der Waals surface area contributed by atoms with E-state index >= 15 is 0 Å². The lowest BCUT2D eigenvalue weighted by Gasteiger charge is -2.40. The number of piperidine rings is 1. The molecule has 0 aromatic carbocycles. The second-order valence-electron chi connectivity index (χ2n) is 6.85. The Morgan fingerprint density at radius 3 is 2.88 bits per heavy atom. The third kappa shape index (κ3) is 3.24. The maximum Gasteiger partial charge on any atom is 0.257 e. The number of aryl methyl sites for hydroxylation is 2. The van der Waals surface area contributed by atoms with Gasteiger partial charge in [0.05, 0.1) is 18.0 Å². The van der Waals surface area contributed by atoms with Crippen molar-refractivity contribution in [2.75, 3.05) is 27.2 Å². The number of nitrogens with zero attached hydrogens (tertiary/aromatic N) is 4. The van der Waals surface area contributed by atoms with E-state index < -0.39 is 0 Å². The summed E-state index contributed by atoms with van der Waals surface area (Å²) in [7, 11) is 5.98. The number of hydrogen-bond acceptors (Lipinski definition) is 4. The molecule has 0 spiro atoms. The summed E-state index contributed by atoms with van der Waals surface area (Å²) < 4.78 is 7.12. The Hall–Kier alpha value is -2.08. The number of rotatable bonds is 4. The van der Waals surface area contributed by atoms with Crippen LogP contribution < -0.4 is 0 Å². The minimum Gasteiger partial charge on any atom is -0.469 e. The molecule has 3 heterocycles. The van der Waals surface area contributed by atoms with E-state index in [0.29, 0.717) is 23.3 Å². The first kappa shape index (κ1) is 16.8. The molecule has 1 amide bonds. The normalized spacial score (nSPS) is 21.8. The van der Waals surface area contributed by atoms with Crippen molar-refractivity contribution in [2.24, 2.45) is 13.0 Å². The Morgan fingerprint density at radius 2 is 2.25 bits per heavy atom. The summed E-state index contributed by atoms with van der Waals surface area (Å²) in [5.41, 5.74) is 1.88. The Morgan fingerprint density at radius 1 is 1.46 bits per heavy atom. The zero-order chi connectivity index (χ0) is 17.3. The largest absolute Gasteiger partial charge is 0.469 e. The SMILES string of the molecule is Cc1occc1C(=O)N(C)C[C@@H]1CCCN(C)[C@H]1c1cnn(C)c1. The minimum absolute atomic E-state index is 0.0272. The van der Waals surface area contributed by atoms with Crippen molar-refractivity contribution in [3.63, 3.8) is 0 Å². The van der Waals surface area contributed by atoms with Gasteiger partial charge in [-0.2, -0.15) is 5.10 Å². The fraction of sp³-hybridized carbons (Fsp3) is 0.556. The van der Waals surface area contributed by atoms with Crippen molar-refractivity contribution in [3.05, 3.63) is 41.6 Å². The number of furan rings is 1. The molecule has 0 aliphatic carbocycles. The zero-order valence-corrected chi connectivity index (χ0v) is 14.9. The molecule has 2 atom stereocenters. The molecule has 3 rings (SSSR count). The standard InChI is InChI=1S/C18H26N4O2/c1-13-16(7-9-24-13)18(23)21(3)11-14-6-5-8-20(2)17(14)15-10-19-22(4)12-15/h7,9-10,12,14,17H,5-6,8,11H2,1-4H3/t14-,17+/m0/s1. The number of likely N-dealkylation sites (tertiary alicyclic amines) is 1. The summed E-state index contributed by atoms with van der Waals surface area (Å²) in [5, 5.41) is 4.32. The van der Waals surface area contributed by atoms with Gasteiger partial charge in [0.25, 0.3) is 5.91 Å². The smallest absolute Gasteiger partial charge is 0.257 e. The van der Waals surface area contributed by atoms with Crippen molar-refractivity contribution in [1.29, 1.82) is 0 Å². The summed E-state index contributed by atoms with van der Waals surface area (Å²) in [4.78, 5) is 16.9. The zero-order valence-electron chi connectivity index (χ0n) is 14.9. The number of amides is 1. The van der Waals surface area contributed by atoms with Crippen LogP contribution >= 0.6 is 0 Å². The summed E-state index contributed by atoms with van der Waals surface area (Å²) in [5.74, 6) is 1.10. The van der Waals surface area contributed by atoms with Crippen molar-refractivity contribution in [2.45, 2.75) is 25.8 Å². The highest BCUT2D eigenvalue weighted by Gasteiger charge is 2.33. The fourth-order valence-electron chi connectivity index (χ4n) is 3.82. The van der Waals surface area contributed by atoms with E-state index in [2.05, 4.69) is 23.2 Å². The van der Waals surface area contributed by atoms with Gasteiger partial charge >= 0.3 is 0 Å². The first-order valence-electron chi connectivity index (χ1n) is 8.45. The highest BCUT2D eigenvalue weighted by Crippen LogP contribution is 2.35. The minimum atomic E-state index is 0.0272. The molecule has 6 nitrogen and oxygen atoms in total. The molecule has 2 aromatic heterocycles. The molecule has 24 heavy (non-hydrogen) atoms. The van der Waals surface area contributed by atoms with E-state index in [1.54, 1.807) is 12.3 Å². The van der Waals surface area contributed by atoms with Crippen LogP contribution in [0.25, 0.3) is 0 Å². The van der Waals surface area contributed by atoms with E-state index in [4.69, 9.17) is 4.42 Å². The van der Waals surface area contributed by atoms with E-state index in [9.17, 15) is 4.79 Å². The molecule has 1 fully saturated rings. The Labute approximate surface area is 143 Å². The van der Waals surface area contributed by atoms with Crippen molar-refractivity contribution in [1.82, 2.24) is 19.6 Å². The average Bonchev–Trinajstić information content (AvgIpc) is 3.15. The summed E-state index contributed by atoms with van der Waals surface area (Å²) >= 11 is 0. The molecule has 0 unspecified atom stereocenters. The molecular weight excluding hydrogens is 304 g/mol. The van der Waals surface area contributed by atoms with Crippen LogP contribution in [0.2, 0.25) is 0 Å². The summed E-state index contributed by atoms with van der Waals surface area (Å²) in [6.07, 6.45) is 7.88. The van der Waals surface area contributed by atoms with Crippen LogP contribution in [0.5, 0.6) is 0 Å². The maximum atomic E-state index is 12.7. The van der Waals surface area contributed by atoms with Crippen LogP contribution in [-0.2, 0) is 7.05 Å². The van der Waals surface area contributed by atoms with Gasteiger partial charge in [-0.3, -0.25) is 14.4 Å². The monoisotopic (exact) mass is 330 g/mol.